The first-order valence-electron chi connectivity index (χ1n) is 10.2. The predicted molar refractivity (Wildman–Crippen MR) is 99.4 cm³/mol. The topological polar surface area (TPSA) is 169 Å². The Morgan fingerprint density at radius 2 is 1.34 bits per heavy atom. The van der Waals surface area contributed by atoms with E-state index in [2.05, 4.69) is 0 Å². The summed E-state index contributed by atoms with van der Waals surface area (Å²) in [6.45, 7) is 7.35. The van der Waals surface area contributed by atoms with Gasteiger partial charge in [-0.15, -0.1) is 0 Å². The number of aliphatic hydroxyl groups excluding tert-OH is 7. The lowest BCUT2D eigenvalue weighted by Crippen LogP contribution is -2.61. The smallest absolute Gasteiger partial charge is 0.187 e. The highest BCUT2D eigenvalue weighted by Gasteiger charge is 2.49. The summed E-state index contributed by atoms with van der Waals surface area (Å²) in [4.78, 5) is 0. The molecule has 0 aromatic carbocycles. The minimum Gasteiger partial charge on any atom is -0.388 e. The average Bonchev–Trinajstić information content (AvgIpc) is 2.66. The van der Waals surface area contributed by atoms with Crippen LogP contribution in [0.25, 0.3) is 0 Å². The zero-order valence-corrected chi connectivity index (χ0v) is 17.3. The minimum absolute atomic E-state index is 0.00554. The van der Waals surface area contributed by atoms with Gasteiger partial charge in [-0.2, -0.15) is 0 Å². The molecule has 2 rings (SSSR count). The highest BCUT2D eigenvalue weighted by atomic mass is 16.7. The molecule has 2 aliphatic rings. The Kier molecular flexibility index (Phi) is 8.42. The summed E-state index contributed by atoms with van der Waals surface area (Å²) in [5.74, 6) is 0.176. The van der Waals surface area contributed by atoms with Gasteiger partial charge in [0.1, 0.15) is 36.6 Å². The average molecular weight is 424 g/mol. The van der Waals surface area contributed by atoms with Gasteiger partial charge >= 0.3 is 0 Å². The van der Waals surface area contributed by atoms with E-state index in [4.69, 9.17) is 14.2 Å². The van der Waals surface area contributed by atoms with Gasteiger partial charge in [0.2, 0.25) is 0 Å². The van der Waals surface area contributed by atoms with Crippen molar-refractivity contribution >= 4 is 0 Å². The molecule has 2 aliphatic heterocycles. The molecule has 29 heavy (non-hydrogen) atoms. The molecule has 2 heterocycles. The standard InChI is InChI=1S/C19H36O10/c1-5-19(4,7-10-12(21)13(22)15(24)17(26)27-10)29-18-16(25)14(23)11(20)9(28-18)6-8(2)3/h8-18,20-26H,5-7H2,1-4H3. The molecule has 2 fully saturated rings. The van der Waals surface area contributed by atoms with Gasteiger partial charge in [-0.3, -0.25) is 0 Å². The number of ether oxygens (including phenoxy) is 3. The molecule has 0 radical (unpaired) electrons. The van der Waals surface area contributed by atoms with E-state index >= 15 is 0 Å². The van der Waals surface area contributed by atoms with Crippen LogP contribution in [0.2, 0.25) is 0 Å². The molecule has 2 saturated heterocycles. The Morgan fingerprint density at radius 3 is 1.90 bits per heavy atom. The molecule has 0 aliphatic carbocycles. The van der Waals surface area contributed by atoms with Crippen LogP contribution >= 0.6 is 0 Å². The third kappa shape index (κ3) is 5.65. The van der Waals surface area contributed by atoms with E-state index in [0.717, 1.165) is 0 Å². The highest BCUT2D eigenvalue weighted by molar-refractivity contribution is 4.94. The van der Waals surface area contributed by atoms with E-state index in [9.17, 15) is 35.7 Å². The lowest BCUT2D eigenvalue weighted by atomic mass is 9.88. The molecule has 172 valence electrons. The van der Waals surface area contributed by atoms with E-state index in [1.54, 1.807) is 13.8 Å². The van der Waals surface area contributed by atoms with Gasteiger partial charge in [0.25, 0.3) is 0 Å². The molecule has 0 bridgehead atoms. The SMILES string of the molecule is CCC(C)(CC1OC(O)C(O)C(O)C1O)OC1OC(CC(C)C)C(O)C(O)C1O. The van der Waals surface area contributed by atoms with Gasteiger partial charge in [-0.1, -0.05) is 20.8 Å². The minimum atomic E-state index is -1.66. The maximum Gasteiger partial charge on any atom is 0.187 e. The van der Waals surface area contributed by atoms with Gasteiger partial charge in [0.05, 0.1) is 17.8 Å². The molecule has 11 atom stereocenters. The second-order valence-electron chi connectivity index (χ2n) is 8.81. The fourth-order valence-electron chi connectivity index (χ4n) is 3.75. The van der Waals surface area contributed by atoms with E-state index < -0.39 is 67.0 Å². The number of rotatable bonds is 7. The summed E-state index contributed by atoms with van der Waals surface area (Å²) in [7, 11) is 0. The van der Waals surface area contributed by atoms with Crippen molar-refractivity contribution in [1.82, 2.24) is 0 Å². The summed E-state index contributed by atoms with van der Waals surface area (Å²) in [6, 6.07) is 0. The number of hydrogen-bond donors (Lipinski definition) is 7. The van der Waals surface area contributed by atoms with Crippen molar-refractivity contribution in [2.45, 2.75) is 114 Å². The Labute approximate surface area is 170 Å². The molecule has 0 spiro atoms. The van der Waals surface area contributed by atoms with E-state index in [0.29, 0.717) is 12.8 Å². The van der Waals surface area contributed by atoms with Crippen LogP contribution in [-0.2, 0) is 14.2 Å². The summed E-state index contributed by atoms with van der Waals surface area (Å²) < 4.78 is 16.9. The van der Waals surface area contributed by atoms with E-state index in [-0.39, 0.29) is 12.3 Å². The van der Waals surface area contributed by atoms with Crippen molar-refractivity contribution in [2.75, 3.05) is 0 Å². The first kappa shape index (κ1) is 24.9. The molecular formula is C19H36O10. The van der Waals surface area contributed by atoms with E-state index in [1.165, 1.54) is 0 Å². The Morgan fingerprint density at radius 1 is 0.793 bits per heavy atom. The van der Waals surface area contributed by atoms with Gasteiger partial charge in [0.15, 0.2) is 12.6 Å². The van der Waals surface area contributed by atoms with Crippen LogP contribution < -0.4 is 0 Å². The first-order valence-corrected chi connectivity index (χ1v) is 10.2. The highest BCUT2D eigenvalue weighted by Crippen LogP contribution is 2.34. The molecule has 10 heteroatoms. The van der Waals surface area contributed by atoms with Crippen LogP contribution in [0.1, 0.15) is 47.0 Å². The second kappa shape index (κ2) is 9.82. The van der Waals surface area contributed by atoms with Gasteiger partial charge in [-0.05, 0) is 25.7 Å². The molecule has 0 aromatic rings. The van der Waals surface area contributed by atoms with Crippen molar-refractivity contribution in [3.05, 3.63) is 0 Å². The van der Waals surface area contributed by atoms with Crippen molar-refractivity contribution in [3.63, 3.8) is 0 Å². The van der Waals surface area contributed by atoms with Crippen molar-refractivity contribution < 1.29 is 50.0 Å². The summed E-state index contributed by atoms with van der Waals surface area (Å²) >= 11 is 0. The van der Waals surface area contributed by atoms with Gasteiger partial charge < -0.3 is 50.0 Å². The molecule has 10 nitrogen and oxygen atoms in total. The maximum atomic E-state index is 10.3. The molecule has 11 unspecified atom stereocenters. The van der Waals surface area contributed by atoms with Crippen LogP contribution in [0.3, 0.4) is 0 Å². The third-order valence-electron chi connectivity index (χ3n) is 5.84. The quantitative estimate of drug-likeness (QED) is 0.248. The second-order valence-corrected chi connectivity index (χ2v) is 8.81. The fourth-order valence-corrected chi connectivity index (χ4v) is 3.75. The zero-order valence-electron chi connectivity index (χ0n) is 17.3. The van der Waals surface area contributed by atoms with Crippen molar-refractivity contribution in [2.24, 2.45) is 5.92 Å². The normalized spacial score (nSPS) is 45.9. The molecule has 0 aromatic heterocycles. The maximum absolute atomic E-state index is 10.3. The Bertz CT molecular complexity index is 519. The van der Waals surface area contributed by atoms with Crippen LogP contribution in [0.15, 0.2) is 0 Å². The third-order valence-corrected chi connectivity index (χ3v) is 5.84. The first-order chi connectivity index (χ1) is 13.4. The van der Waals surface area contributed by atoms with Crippen LogP contribution in [0.5, 0.6) is 0 Å². The monoisotopic (exact) mass is 424 g/mol. The molecule has 0 saturated carbocycles. The van der Waals surface area contributed by atoms with Crippen molar-refractivity contribution in [1.29, 1.82) is 0 Å². The van der Waals surface area contributed by atoms with Crippen LogP contribution in [0.4, 0.5) is 0 Å². The largest absolute Gasteiger partial charge is 0.388 e. The molecule has 0 amide bonds. The van der Waals surface area contributed by atoms with Crippen LogP contribution in [-0.4, -0.2) is 103 Å². The fraction of sp³-hybridized carbons (Fsp3) is 1.00. The Balaban J connectivity index is 2.11. The van der Waals surface area contributed by atoms with Gasteiger partial charge in [0, 0.05) is 6.42 Å². The lowest BCUT2D eigenvalue weighted by Gasteiger charge is -2.46. The zero-order chi connectivity index (χ0) is 22.1. The molecular weight excluding hydrogens is 388 g/mol. The Hall–Kier alpha value is -0.400. The van der Waals surface area contributed by atoms with E-state index in [1.807, 2.05) is 13.8 Å². The van der Waals surface area contributed by atoms with Crippen molar-refractivity contribution in [3.8, 4) is 0 Å². The molecule has 7 N–H and O–H groups in total. The van der Waals surface area contributed by atoms with Crippen LogP contribution in [0, 0.1) is 5.92 Å². The number of hydrogen-bond acceptors (Lipinski definition) is 10. The predicted octanol–water partition coefficient (Wildman–Crippen LogP) is -1.78. The van der Waals surface area contributed by atoms with Gasteiger partial charge in [-0.25, -0.2) is 0 Å². The lowest BCUT2D eigenvalue weighted by molar-refractivity contribution is -0.334. The number of aliphatic hydroxyl groups is 7. The summed E-state index contributed by atoms with van der Waals surface area (Å²) in [6.07, 6.45) is -12.7. The summed E-state index contributed by atoms with van der Waals surface area (Å²) in [5, 5.41) is 70.2. The summed E-state index contributed by atoms with van der Waals surface area (Å²) in [5.41, 5.74) is -1.04.